The lowest BCUT2D eigenvalue weighted by atomic mass is 9.96. The van der Waals surface area contributed by atoms with Gasteiger partial charge in [-0.1, -0.05) is 153 Å². The minimum absolute atomic E-state index is 0.225. The zero-order valence-electron chi connectivity index (χ0n) is 45.3. The van der Waals surface area contributed by atoms with Gasteiger partial charge in [0.15, 0.2) is 18.9 Å². The summed E-state index contributed by atoms with van der Waals surface area (Å²) in [6, 6.07) is -0.991. The Hall–Kier alpha value is -1.99. The highest BCUT2D eigenvalue weighted by Crippen LogP contribution is 2.33. The Morgan fingerprint density at radius 2 is 0.853 bits per heavy atom. The van der Waals surface area contributed by atoms with E-state index in [4.69, 9.17) is 28.4 Å². The molecule has 19 nitrogen and oxygen atoms in total. The zero-order chi connectivity index (χ0) is 54.8. The fourth-order valence-electron chi connectivity index (χ4n) is 9.61. The predicted molar refractivity (Wildman–Crippen MR) is 282 cm³/mol. The van der Waals surface area contributed by atoms with Crippen LogP contribution in [0, 0.1) is 0 Å². The molecule has 3 heterocycles. The van der Waals surface area contributed by atoms with Crippen LogP contribution in [0.25, 0.3) is 0 Å². The number of aliphatic hydroxyl groups excluding tert-OH is 11. The molecule has 19 heteroatoms. The van der Waals surface area contributed by atoms with Crippen molar-refractivity contribution in [2.75, 3.05) is 26.4 Å². The Kier molecular flexibility index (Phi) is 36.1. The molecule has 0 bridgehead atoms. The van der Waals surface area contributed by atoms with Crippen LogP contribution in [0.15, 0.2) is 36.5 Å². The van der Waals surface area contributed by atoms with E-state index in [1.807, 2.05) is 6.08 Å². The van der Waals surface area contributed by atoms with Crippen LogP contribution >= 0.6 is 0 Å². The fourth-order valence-corrected chi connectivity index (χ4v) is 9.61. The molecular weight excluding hydrogens is 975 g/mol. The molecule has 438 valence electrons. The number of carbonyl (C=O) groups is 1. The summed E-state index contributed by atoms with van der Waals surface area (Å²) in [7, 11) is 0. The van der Waals surface area contributed by atoms with Crippen LogP contribution < -0.4 is 5.32 Å². The summed E-state index contributed by atoms with van der Waals surface area (Å²) in [6.45, 7) is 1.66. The smallest absolute Gasteiger partial charge is 0.220 e. The number of unbranched alkanes of at least 4 members (excludes halogenated alkanes) is 21. The van der Waals surface area contributed by atoms with E-state index < -0.39 is 124 Å². The van der Waals surface area contributed by atoms with Crippen LogP contribution in [0.1, 0.15) is 181 Å². The Labute approximate surface area is 447 Å². The van der Waals surface area contributed by atoms with Crippen LogP contribution in [0.2, 0.25) is 0 Å². The molecule has 75 heavy (non-hydrogen) atoms. The highest BCUT2D eigenvalue weighted by molar-refractivity contribution is 5.76. The minimum Gasteiger partial charge on any atom is -0.394 e. The second-order valence-electron chi connectivity index (χ2n) is 20.7. The van der Waals surface area contributed by atoms with Gasteiger partial charge in [-0.2, -0.15) is 0 Å². The second kappa shape index (κ2) is 40.2. The van der Waals surface area contributed by atoms with Gasteiger partial charge in [0.05, 0.1) is 38.6 Å². The molecule has 0 spiro atoms. The maximum atomic E-state index is 13.3. The van der Waals surface area contributed by atoms with Crippen molar-refractivity contribution < 1.29 is 89.4 Å². The first-order chi connectivity index (χ1) is 36.3. The quantitative estimate of drug-likeness (QED) is 0.0302. The number of hydrogen-bond donors (Lipinski definition) is 12. The van der Waals surface area contributed by atoms with Gasteiger partial charge >= 0.3 is 0 Å². The summed E-state index contributed by atoms with van der Waals surface area (Å²) in [5, 5.41) is 120. The Morgan fingerprint density at radius 3 is 1.33 bits per heavy atom. The molecule has 0 aromatic heterocycles. The van der Waals surface area contributed by atoms with Gasteiger partial charge < -0.3 is 89.9 Å². The Morgan fingerprint density at radius 1 is 0.467 bits per heavy atom. The molecule has 17 atom stereocenters. The first kappa shape index (κ1) is 67.3. The molecule has 17 unspecified atom stereocenters. The van der Waals surface area contributed by atoms with E-state index in [2.05, 4.69) is 43.5 Å². The van der Waals surface area contributed by atoms with Crippen LogP contribution in [-0.2, 0) is 33.2 Å². The highest BCUT2D eigenvalue weighted by atomic mass is 16.8. The van der Waals surface area contributed by atoms with Gasteiger partial charge in [-0.3, -0.25) is 4.79 Å². The van der Waals surface area contributed by atoms with Gasteiger partial charge in [-0.25, -0.2) is 0 Å². The Bertz CT molecular complexity index is 1520. The van der Waals surface area contributed by atoms with Crippen LogP contribution in [0.4, 0.5) is 0 Å². The normalized spacial score (nSPS) is 31.5. The van der Waals surface area contributed by atoms with Crippen LogP contribution in [-0.4, -0.2) is 193 Å². The third kappa shape index (κ3) is 24.9. The standard InChI is InChI=1S/C56H101NO18/c1-3-5-7-9-11-13-15-17-19-20-21-23-25-27-29-31-33-40(61)39(57-44(62)34-32-30-28-26-24-22-18-16-14-12-10-8-6-4-2)38-70-54-50(68)47(65)52(42(36-59)72-54)75-56-51(69)48(66)53(43(37-60)73-56)74-55-49(67)46(64)45(63)41(35-58)71-55/h16,18,23,25,31,33,39-43,45-56,58-61,63-69H,3-15,17,19-22,24,26-30,32,34-38H2,1-2H3,(H,57,62)/b18-16-,25-23+,33-31+. The van der Waals surface area contributed by atoms with Crippen molar-refractivity contribution in [1.82, 2.24) is 5.32 Å². The summed E-state index contributed by atoms with van der Waals surface area (Å²) >= 11 is 0. The fraction of sp³-hybridized carbons (Fsp3) is 0.875. The topological polar surface area (TPSA) is 307 Å². The van der Waals surface area contributed by atoms with Crippen LogP contribution in [0.3, 0.4) is 0 Å². The maximum absolute atomic E-state index is 13.3. The van der Waals surface area contributed by atoms with E-state index in [1.165, 1.54) is 89.9 Å². The summed E-state index contributed by atoms with van der Waals surface area (Å²) in [4.78, 5) is 13.3. The van der Waals surface area contributed by atoms with Crippen molar-refractivity contribution in [3.8, 4) is 0 Å². The Balaban J connectivity index is 1.55. The molecule has 0 aromatic carbocycles. The first-order valence-corrected chi connectivity index (χ1v) is 28.7. The van der Waals surface area contributed by atoms with E-state index in [1.54, 1.807) is 6.08 Å². The number of rotatable bonds is 41. The van der Waals surface area contributed by atoms with Crippen LogP contribution in [0.5, 0.6) is 0 Å². The van der Waals surface area contributed by atoms with E-state index in [9.17, 15) is 61.0 Å². The van der Waals surface area contributed by atoms with Gasteiger partial charge in [0.1, 0.15) is 73.2 Å². The largest absolute Gasteiger partial charge is 0.394 e. The van der Waals surface area contributed by atoms with Gasteiger partial charge in [-0.15, -0.1) is 0 Å². The second-order valence-corrected chi connectivity index (χ2v) is 20.7. The van der Waals surface area contributed by atoms with E-state index in [-0.39, 0.29) is 18.9 Å². The number of aliphatic hydroxyl groups is 11. The monoisotopic (exact) mass is 1080 g/mol. The lowest BCUT2D eigenvalue weighted by molar-refractivity contribution is -0.379. The van der Waals surface area contributed by atoms with E-state index in [0.29, 0.717) is 12.8 Å². The molecule has 3 rings (SSSR count). The number of nitrogens with one attached hydrogen (secondary N) is 1. The number of allylic oxidation sites excluding steroid dienone is 5. The van der Waals surface area contributed by atoms with Crippen molar-refractivity contribution in [2.24, 2.45) is 0 Å². The molecule has 3 saturated heterocycles. The first-order valence-electron chi connectivity index (χ1n) is 28.7. The molecule has 0 radical (unpaired) electrons. The maximum Gasteiger partial charge on any atom is 0.220 e. The van der Waals surface area contributed by atoms with Crippen molar-refractivity contribution in [2.45, 2.75) is 285 Å². The summed E-state index contributed by atoms with van der Waals surface area (Å²) in [5.74, 6) is -0.296. The van der Waals surface area contributed by atoms with Crippen molar-refractivity contribution in [3.05, 3.63) is 36.5 Å². The zero-order valence-corrected chi connectivity index (χ0v) is 45.3. The minimum atomic E-state index is -1.98. The summed E-state index contributed by atoms with van der Waals surface area (Å²) in [5.41, 5.74) is 0. The molecule has 0 saturated carbocycles. The third-order valence-electron chi connectivity index (χ3n) is 14.4. The van der Waals surface area contributed by atoms with E-state index in [0.717, 1.165) is 57.8 Å². The number of carbonyl (C=O) groups excluding carboxylic acids is 1. The molecule has 0 aromatic rings. The summed E-state index contributed by atoms with van der Waals surface area (Å²) < 4.78 is 34.2. The predicted octanol–water partition coefficient (Wildman–Crippen LogP) is 4.15. The summed E-state index contributed by atoms with van der Waals surface area (Å²) in [6.07, 6.45) is 14.2. The molecule has 1 amide bonds. The lowest BCUT2D eigenvalue weighted by Gasteiger charge is -2.48. The molecule has 3 aliphatic heterocycles. The van der Waals surface area contributed by atoms with Crippen molar-refractivity contribution in [3.63, 3.8) is 0 Å². The van der Waals surface area contributed by atoms with Gasteiger partial charge in [0, 0.05) is 6.42 Å². The SMILES string of the molecule is CCCCCCC/C=C\CCCCCCCC(=O)NC(COC1OC(CO)C(OC2OC(CO)C(OC3OC(CO)C(O)C(O)C3O)C(O)C2O)C(O)C1O)C(O)/C=C/CC/C=C/CCCCCCCCCCCC. The van der Waals surface area contributed by atoms with E-state index >= 15 is 0 Å². The van der Waals surface area contributed by atoms with Gasteiger partial charge in [0.2, 0.25) is 5.91 Å². The number of hydrogen-bond acceptors (Lipinski definition) is 18. The van der Waals surface area contributed by atoms with Gasteiger partial charge in [0.25, 0.3) is 0 Å². The van der Waals surface area contributed by atoms with Gasteiger partial charge in [-0.05, 0) is 57.8 Å². The number of amides is 1. The average Bonchev–Trinajstić information content (AvgIpc) is 3.41. The molecular formula is C56H101NO18. The van der Waals surface area contributed by atoms with Crippen molar-refractivity contribution >= 4 is 5.91 Å². The average molecular weight is 1080 g/mol. The third-order valence-corrected chi connectivity index (χ3v) is 14.4. The molecule has 3 fully saturated rings. The lowest BCUT2D eigenvalue weighted by Crippen LogP contribution is -2.66. The molecule has 12 N–H and O–H groups in total. The molecule has 3 aliphatic rings. The van der Waals surface area contributed by atoms with Crippen molar-refractivity contribution in [1.29, 1.82) is 0 Å². The number of ether oxygens (including phenoxy) is 6. The highest BCUT2D eigenvalue weighted by Gasteiger charge is 2.53. The molecule has 0 aliphatic carbocycles.